The van der Waals surface area contributed by atoms with Crippen molar-refractivity contribution in [2.75, 3.05) is 10.0 Å². The summed E-state index contributed by atoms with van der Waals surface area (Å²) in [5.41, 5.74) is 0.224. The van der Waals surface area contributed by atoms with E-state index in [1.165, 1.54) is 30.5 Å². The third-order valence-corrected chi connectivity index (χ3v) is 6.65. The Balaban J connectivity index is 1.72. The van der Waals surface area contributed by atoms with Crippen molar-refractivity contribution < 1.29 is 13.2 Å². The molecule has 1 aromatic heterocycles. The number of amides is 1. The van der Waals surface area contributed by atoms with E-state index in [0.29, 0.717) is 17.8 Å². The molecule has 0 radical (unpaired) electrons. The van der Waals surface area contributed by atoms with E-state index in [9.17, 15) is 13.2 Å². The molecule has 2 N–H and O–H groups in total. The predicted molar refractivity (Wildman–Crippen MR) is 99.8 cm³/mol. The quantitative estimate of drug-likeness (QED) is 0.731. The SMILES string of the molecule is Cc1ccnc(NS(=O)(=O)c2ccc(NC(=O)[C@]3(C)CC3(Cl)Cl)cc2)n1. The van der Waals surface area contributed by atoms with Crippen molar-refractivity contribution in [1.82, 2.24) is 9.97 Å². The molecule has 2 aromatic rings. The summed E-state index contributed by atoms with van der Waals surface area (Å²) < 4.78 is 26.0. The fraction of sp³-hybridized carbons (Fsp3) is 0.312. The first kappa shape index (κ1) is 18.9. The highest BCUT2D eigenvalue weighted by Gasteiger charge is 2.67. The van der Waals surface area contributed by atoms with Crippen molar-refractivity contribution in [2.24, 2.45) is 5.41 Å². The van der Waals surface area contributed by atoms with Crippen LogP contribution in [0.5, 0.6) is 0 Å². The number of aromatic nitrogens is 2. The van der Waals surface area contributed by atoms with Gasteiger partial charge < -0.3 is 5.32 Å². The molecule has 0 saturated heterocycles. The van der Waals surface area contributed by atoms with Gasteiger partial charge in [-0.2, -0.15) is 0 Å². The molecule has 1 fully saturated rings. The highest BCUT2D eigenvalue weighted by molar-refractivity contribution is 7.92. The summed E-state index contributed by atoms with van der Waals surface area (Å²) in [6.45, 7) is 3.40. The van der Waals surface area contributed by atoms with Crippen LogP contribution in [-0.2, 0) is 14.8 Å². The first-order chi connectivity index (χ1) is 12.0. The largest absolute Gasteiger partial charge is 0.326 e. The van der Waals surface area contributed by atoms with Gasteiger partial charge in [-0.1, -0.05) is 0 Å². The van der Waals surface area contributed by atoms with Crippen molar-refractivity contribution in [1.29, 1.82) is 0 Å². The molecule has 0 bridgehead atoms. The van der Waals surface area contributed by atoms with Crippen LogP contribution < -0.4 is 10.0 Å². The Kier molecular flexibility index (Phi) is 4.62. The van der Waals surface area contributed by atoms with Gasteiger partial charge in [0.25, 0.3) is 10.0 Å². The van der Waals surface area contributed by atoms with Gasteiger partial charge in [0.05, 0.1) is 10.3 Å². The number of carbonyl (C=O) groups excluding carboxylic acids is 1. The Hall–Kier alpha value is -1.90. The summed E-state index contributed by atoms with van der Waals surface area (Å²) in [5.74, 6) is -0.325. The Morgan fingerprint density at radius 1 is 1.19 bits per heavy atom. The van der Waals surface area contributed by atoms with Gasteiger partial charge in [0, 0.05) is 17.6 Å². The van der Waals surface area contributed by atoms with Crippen LogP contribution in [0.2, 0.25) is 0 Å². The molecule has 1 heterocycles. The fourth-order valence-electron chi connectivity index (χ4n) is 2.31. The van der Waals surface area contributed by atoms with Crippen LogP contribution in [0.1, 0.15) is 19.0 Å². The monoisotopic (exact) mass is 414 g/mol. The number of nitrogens with zero attached hydrogens (tertiary/aromatic N) is 2. The molecule has 1 aliphatic rings. The number of aryl methyl sites for hydroxylation is 1. The number of hydrogen-bond donors (Lipinski definition) is 2. The second kappa shape index (κ2) is 6.37. The maximum absolute atomic E-state index is 12.4. The molecule has 1 saturated carbocycles. The van der Waals surface area contributed by atoms with Crippen LogP contribution >= 0.6 is 23.2 Å². The van der Waals surface area contributed by atoms with E-state index in [1.807, 2.05) is 0 Å². The van der Waals surface area contributed by atoms with E-state index in [1.54, 1.807) is 19.9 Å². The number of hydrogen-bond acceptors (Lipinski definition) is 5. The van der Waals surface area contributed by atoms with E-state index in [2.05, 4.69) is 20.0 Å². The lowest BCUT2D eigenvalue weighted by molar-refractivity contribution is -0.120. The van der Waals surface area contributed by atoms with E-state index in [4.69, 9.17) is 23.2 Å². The molecule has 10 heteroatoms. The minimum absolute atomic E-state index is 0.00963. The molecule has 3 rings (SSSR count). The molecule has 7 nitrogen and oxygen atoms in total. The maximum atomic E-state index is 12.4. The molecule has 26 heavy (non-hydrogen) atoms. The van der Waals surface area contributed by atoms with Gasteiger partial charge in [-0.15, -0.1) is 23.2 Å². The first-order valence-corrected chi connectivity index (χ1v) is 9.89. The van der Waals surface area contributed by atoms with Crippen molar-refractivity contribution >= 4 is 50.8 Å². The van der Waals surface area contributed by atoms with E-state index >= 15 is 0 Å². The fourth-order valence-corrected chi connectivity index (χ4v) is 3.97. The Bertz CT molecular complexity index is 964. The Labute approximate surface area is 161 Å². The number of sulfonamides is 1. The number of halogens is 2. The molecular weight excluding hydrogens is 399 g/mol. The molecule has 138 valence electrons. The van der Waals surface area contributed by atoms with Gasteiger partial charge in [0.2, 0.25) is 11.9 Å². The topological polar surface area (TPSA) is 101 Å². The van der Waals surface area contributed by atoms with E-state index in [0.717, 1.165) is 0 Å². The van der Waals surface area contributed by atoms with Crippen LogP contribution in [0.25, 0.3) is 0 Å². The van der Waals surface area contributed by atoms with Gasteiger partial charge in [-0.3, -0.25) is 4.79 Å². The molecule has 1 atom stereocenters. The minimum Gasteiger partial charge on any atom is -0.326 e. The van der Waals surface area contributed by atoms with Crippen molar-refractivity contribution in [3.05, 3.63) is 42.2 Å². The lowest BCUT2D eigenvalue weighted by Gasteiger charge is -2.13. The number of carbonyl (C=O) groups is 1. The lowest BCUT2D eigenvalue weighted by Crippen LogP contribution is -2.26. The summed E-state index contributed by atoms with van der Waals surface area (Å²) in [5, 5.41) is 2.69. The zero-order chi connectivity index (χ0) is 19.2. The van der Waals surface area contributed by atoms with Gasteiger partial charge in [0.15, 0.2) is 0 Å². The third kappa shape index (κ3) is 3.62. The van der Waals surface area contributed by atoms with E-state index in [-0.39, 0.29) is 16.8 Å². The molecule has 1 aromatic carbocycles. The van der Waals surface area contributed by atoms with Crippen LogP contribution in [0.15, 0.2) is 41.4 Å². The smallest absolute Gasteiger partial charge is 0.264 e. The molecule has 0 unspecified atom stereocenters. The van der Waals surface area contributed by atoms with Crippen LogP contribution in [0.3, 0.4) is 0 Å². The maximum Gasteiger partial charge on any atom is 0.264 e. The number of nitrogens with one attached hydrogen (secondary N) is 2. The van der Waals surface area contributed by atoms with Crippen LogP contribution in [0, 0.1) is 12.3 Å². The molecule has 0 spiro atoms. The second-order valence-electron chi connectivity index (χ2n) is 6.32. The van der Waals surface area contributed by atoms with Gasteiger partial charge in [-0.25, -0.2) is 23.1 Å². The van der Waals surface area contributed by atoms with Crippen LogP contribution in [-0.4, -0.2) is 28.6 Å². The second-order valence-corrected chi connectivity index (χ2v) is 9.49. The standard InChI is InChI=1S/C16H16Cl2N4O3S/c1-10-7-8-19-14(20-10)22-26(24,25)12-5-3-11(4-6-12)21-13(23)15(2)9-16(15,17)18/h3-8H,9H2,1-2H3,(H,21,23)(H,19,20,22)/t15-/m0/s1. The van der Waals surface area contributed by atoms with Crippen molar-refractivity contribution in [3.63, 3.8) is 0 Å². The molecule has 1 amide bonds. The average molecular weight is 415 g/mol. The average Bonchev–Trinajstić information content (AvgIpc) is 3.07. The lowest BCUT2D eigenvalue weighted by atomic mass is 10.1. The third-order valence-electron chi connectivity index (χ3n) is 4.20. The van der Waals surface area contributed by atoms with Gasteiger partial charge in [0.1, 0.15) is 4.33 Å². The minimum atomic E-state index is -3.84. The molecule has 1 aliphatic carbocycles. The number of rotatable bonds is 5. The van der Waals surface area contributed by atoms with Crippen molar-refractivity contribution in [3.8, 4) is 0 Å². The number of alkyl halides is 2. The van der Waals surface area contributed by atoms with Gasteiger partial charge >= 0.3 is 0 Å². The zero-order valence-electron chi connectivity index (χ0n) is 14.0. The van der Waals surface area contributed by atoms with Gasteiger partial charge in [-0.05, 0) is 50.6 Å². The summed E-state index contributed by atoms with van der Waals surface area (Å²) in [4.78, 5) is 20.1. The normalized spacial score (nSPS) is 21.1. The number of benzene rings is 1. The molecular formula is C16H16Cl2N4O3S. The van der Waals surface area contributed by atoms with Crippen molar-refractivity contribution in [2.45, 2.75) is 29.5 Å². The summed E-state index contributed by atoms with van der Waals surface area (Å²) in [6.07, 6.45) is 1.83. The Morgan fingerprint density at radius 3 is 2.35 bits per heavy atom. The van der Waals surface area contributed by atoms with Crippen LogP contribution in [0.4, 0.5) is 11.6 Å². The first-order valence-electron chi connectivity index (χ1n) is 7.65. The summed E-state index contributed by atoms with van der Waals surface area (Å²) in [7, 11) is -3.84. The predicted octanol–water partition coefficient (Wildman–Crippen LogP) is 3.11. The Morgan fingerprint density at radius 2 is 1.81 bits per heavy atom. The number of anilines is 2. The highest BCUT2D eigenvalue weighted by Crippen LogP contribution is 2.64. The molecule has 0 aliphatic heterocycles. The summed E-state index contributed by atoms with van der Waals surface area (Å²) >= 11 is 12.0. The van der Waals surface area contributed by atoms with E-state index < -0.39 is 19.8 Å². The zero-order valence-corrected chi connectivity index (χ0v) is 16.3. The highest BCUT2D eigenvalue weighted by atomic mass is 35.5. The summed E-state index contributed by atoms with van der Waals surface area (Å²) in [6, 6.07) is 7.38.